The number of ether oxygens (including phenoxy) is 1. The van der Waals surface area contributed by atoms with Crippen molar-refractivity contribution in [3.63, 3.8) is 0 Å². The number of carbonyl (C=O) groups is 1. The molecule has 0 saturated carbocycles. The van der Waals surface area contributed by atoms with Crippen LogP contribution in [0.1, 0.15) is 38.8 Å². The van der Waals surface area contributed by atoms with E-state index in [0.29, 0.717) is 27.7 Å². The molecular weight excluding hydrogens is 495 g/mol. The molecule has 4 rings (SSSR count). The molecule has 1 amide bonds. The molecule has 0 spiro atoms. The minimum absolute atomic E-state index is 0.00753. The van der Waals surface area contributed by atoms with Gasteiger partial charge in [-0.15, -0.1) is 0 Å². The number of rotatable bonds is 7. The van der Waals surface area contributed by atoms with Crippen LogP contribution in [0, 0.1) is 12.7 Å². The molecule has 0 saturated heterocycles. The Morgan fingerprint density at radius 2 is 1.92 bits per heavy atom. The van der Waals surface area contributed by atoms with E-state index in [1.807, 2.05) is 20.8 Å². The molecule has 2 aromatic carbocycles. The Morgan fingerprint density at radius 3 is 2.57 bits per heavy atom. The molecule has 0 aliphatic rings. The van der Waals surface area contributed by atoms with Crippen molar-refractivity contribution in [1.82, 2.24) is 14.8 Å². The van der Waals surface area contributed by atoms with Crippen LogP contribution in [0.2, 0.25) is 0 Å². The van der Waals surface area contributed by atoms with E-state index in [-0.39, 0.29) is 40.0 Å². The van der Waals surface area contributed by atoms with Crippen molar-refractivity contribution in [2.75, 3.05) is 11.1 Å². The summed E-state index contributed by atoms with van der Waals surface area (Å²) in [7, 11) is -3.44. The van der Waals surface area contributed by atoms with E-state index in [1.54, 1.807) is 49.1 Å². The molecule has 0 fully saturated rings. The maximum absolute atomic E-state index is 15.2. The van der Waals surface area contributed by atoms with E-state index in [9.17, 15) is 13.2 Å². The first-order valence-corrected chi connectivity index (χ1v) is 13.5. The van der Waals surface area contributed by atoms with Crippen LogP contribution >= 0.6 is 0 Å². The van der Waals surface area contributed by atoms with Crippen LogP contribution in [0.25, 0.3) is 10.9 Å². The molecule has 194 valence electrons. The second-order valence-electron chi connectivity index (χ2n) is 9.79. The van der Waals surface area contributed by atoms with Crippen LogP contribution < -0.4 is 10.1 Å². The van der Waals surface area contributed by atoms with E-state index in [1.165, 1.54) is 24.4 Å². The molecule has 0 unspecified atom stereocenters. The van der Waals surface area contributed by atoms with Crippen molar-refractivity contribution in [2.45, 2.75) is 51.5 Å². The number of benzene rings is 2. The highest BCUT2D eigenvalue weighted by Gasteiger charge is 2.18. The normalized spacial score (nSPS) is 12.1. The van der Waals surface area contributed by atoms with E-state index in [4.69, 9.17) is 4.74 Å². The second-order valence-corrected chi connectivity index (χ2v) is 12.1. The average Bonchev–Trinajstić information content (AvgIpc) is 3.30. The maximum Gasteiger partial charge on any atom is 0.228 e. The van der Waals surface area contributed by atoms with E-state index in [2.05, 4.69) is 15.4 Å². The number of fused-ring (bicyclic) bond motifs is 1. The third-order valence-corrected chi connectivity index (χ3v) is 7.56. The van der Waals surface area contributed by atoms with Gasteiger partial charge >= 0.3 is 0 Å². The topological polar surface area (TPSA) is 103 Å². The minimum Gasteiger partial charge on any atom is -0.453 e. The maximum atomic E-state index is 15.2. The Hall–Kier alpha value is -3.79. The summed E-state index contributed by atoms with van der Waals surface area (Å²) in [6, 6.07) is 9.09. The van der Waals surface area contributed by atoms with Crippen LogP contribution in [0.3, 0.4) is 0 Å². The summed E-state index contributed by atoms with van der Waals surface area (Å²) in [5.74, 6) is -0.707. The zero-order valence-corrected chi connectivity index (χ0v) is 22.2. The van der Waals surface area contributed by atoms with Crippen molar-refractivity contribution in [3.05, 3.63) is 71.9 Å². The Bertz CT molecular complexity index is 1570. The zero-order valence-electron chi connectivity index (χ0n) is 21.4. The van der Waals surface area contributed by atoms with Gasteiger partial charge in [-0.3, -0.25) is 14.5 Å². The first-order valence-electron chi connectivity index (χ1n) is 11.8. The molecule has 4 aromatic rings. The molecule has 0 aliphatic carbocycles. The number of nitrogens with zero attached hydrogens (tertiary/aromatic N) is 3. The monoisotopic (exact) mass is 524 g/mol. The van der Waals surface area contributed by atoms with Crippen molar-refractivity contribution in [3.8, 4) is 11.5 Å². The van der Waals surface area contributed by atoms with Gasteiger partial charge in [0, 0.05) is 17.8 Å². The molecule has 0 atom stereocenters. The van der Waals surface area contributed by atoms with E-state index < -0.39 is 15.7 Å². The summed E-state index contributed by atoms with van der Waals surface area (Å²) in [6.07, 6.45) is 4.80. The van der Waals surface area contributed by atoms with Crippen LogP contribution in [-0.2, 0) is 26.6 Å². The lowest BCUT2D eigenvalue weighted by Gasteiger charge is -2.18. The summed E-state index contributed by atoms with van der Waals surface area (Å²) in [6.45, 7) is 9.26. The standard InChI is InChI=1S/C27H29FN4O4S/c1-6-37(34,35)20-7-8-23-21(14-20)24(9-10-29-23)36-26-17(2)11-18(12-22(26)28)13-25(33)31-19-15-30-32(16-19)27(3,4)5/h7-12,14-16H,6,13H2,1-5H3,(H,31,33). The molecule has 37 heavy (non-hydrogen) atoms. The van der Waals surface area contributed by atoms with Gasteiger partial charge in [0.25, 0.3) is 0 Å². The van der Waals surface area contributed by atoms with Gasteiger partial charge < -0.3 is 10.1 Å². The van der Waals surface area contributed by atoms with Gasteiger partial charge in [0.05, 0.1) is 40.0 Å². The Kier molecular flexibility index (Phi) is 7.05. The fourth-order valence-electron chi connectivity index (χ4n) is 3.84. The third kappa shape index (κ3) is 5.80. The first kappa shape index (κ1) is 26.3. The van der Waals surface area contributed by atoms with Crippen molar-refractivity contribution in [1.29, 1.82) is 0 Å². The Labute approximate surface area is 215 Å². The molecule has 0 bridgehead atoms. The lowest BCUT2D eigenvalue weighted by molar-refractivity contribution is -0.115. The summed E-state index contributed by atoms with van der Waals surface area (Å²) in [5.41, 5.74) is 1.84. The number of amides is 1. The number of halogens is 1. The highest BCUT2D eigenvalue weighted by molar-refractivity contribution is 7.91. The summed E-state index contributed by atoms with van der Waals surface area (Å²) >= 11 is 0. The van der Waals surface area contributed by atoms with E-state index in [0.717, 1.165) is 0 Å². The van der Waals surface area contributed by atoms with E-state index >= 15 is 4.39 Å². The number of hydrogen-bond donors (Lipinski definition) is 1. The molecule has 0 aliphatic heterocycles. The number of sulfone groups is 1. The van der Waals surface area contributed by atoms with Crippen LogP contribution in [0.15, 0.2) is 59.9 Å². The van der Waals surface area contributed by atoms with Gasteiger partial charge in [-0.25, -0.2) is 12.8 Å². The van der Waals surface area contributed by atoms with Crippen molar-refractivity contribution < 1.29 is 22.3 Å². The summed E-state index contributed by atoms with van der Waals surface area (Å²) in [5, 5.41) is 7.50. The molecule has 2 aromatic heterocycles. The number of aromatic nitrogens is 3. The van der Waals surface area contributed by atoms with Gasteiger partial charge in [-0.05, 0) is 69.2 Å². The Morgan fingerprint density at radius 1 is 1.16 bits per heavy atom. The van der Waals surface area contributed by atoms with Gasteiger partial charge in [0.1, 0.15) is 5.75 Å². The fourth-order valence-corrected chi connectivity index (χ4v) is 4.74. The highest BCUT2D eigenvalue weighted by Crippen LogP contribution is 2.34. The second kappa shape index (κ2) is 9.93. The average molecular weight is 525 g/mol. The minimum atomic E-state index is -3.44. The number of anilines is 1. The van der Waals surface area contributed by atoms with Gasteiger partial charge in [0.2, 0.25) is 5.91 Å². The van der Waals surface area contributed by atoms with Gasteiger partial charge in [-0.1, -0.05) is 13.0 Å². The lowest BCUT2D eigenvalue weighted by Crippen LogP contribution is -2.22. The summed E-state index contributed by atoms with van der Waals surface area (Å²) < 4.78 is 47.5. The predicted octanol–water partition coefficient (Wildman–Crippen LogP) is 5.40. The van der Waals surface area contributed by atoms with Crippen LogP contribution in [0.4, 0.5) is 10.1 Å². The highest BCUT2D eigenvalue weighted by atomic mass is 32.2. The third-order valence-electron chi connectivity index (χ3n) is 5.83. The molecule has 1 N–H and O–H groups in total. The van der Waals surface area contributed by atoms with Crippen molar-refractivity contribution in [2.24, 2.45) is 0 Å². The fraction of sp³-hybridized carbons (Fsp3) is 0.296. The predicted molar refractivity (Wildman–Crippen MR) is 140 cm³/mol. The van der Waals surface area contributed by atoms with Crippen LogP contribution in [-0.4, -0.2) is 34.8 Å². The lowest BCUT2D eigenvalue weighted by atomic mass is 10.1. The number of pyridine rings is 1. The zero-order chi connectivity index (χ0) is 27.0. The van der Waals surface area contributed by atoms with Gasteiger partial charge in [0.15, 0.2) is 21.4 Å². The molecule has 8 nitrogen and oxygen atoms in total. The number of nitrogens with one attached hydrogen (secondary N) is 1. The molecule has 10 heteroatoms. The Balaban J connectivity index is 1.56. The summed E-state index contributed by atoms with van der Waals surface area (Å²) in [4.78, 5) is 17.0. The first-order chi connectivity index (χ1) is 17.4. The SMILES string of the molecule is CCS(=O)(=O)c1ccc2nccc(Oc3c(C)cc(CC(=O)Nc4cnn(C(C)(C)C)c4)cc3F)c2c1. The molecule has 0 radical (unpaired) electrons. The van der Waals surface area contributed by atoms with Crippen LogP contribution in [0.5, 0.6) is 11.5 Å². The largest absolute Gasteiger partial charge is 0.453 e. The quantitative estimate of drug-likeness (QED) is 0.347. The number of aryl methyl sites for hydroxylation is 1. The number of carbonyl (C=O) groups excluding carboxylic acids is 1. The number of hydrogen-bond acceptors (Lipinski definition) is 6. The smallest absolute Gasteiger partial charge is 0.228 e. The van der Waals surface area contributed by atoms with Crippen molar-refractivity contribution >= 4 is 32.3 Å². The molecule has 2 heterocycles. The molecular formula is C27H29FN4O4S. The van der Waals surface area contributed by atoms with Gasteiger partial charge in [-0.2, -0.15) is 5.10 Å².